The van der Waals surface area contributed by atoms with E-state index in [1.54, 1.807) is 0 Å². The van der Waals surface area contributed by atoms with Crippen LogP contribution in [0.5, 0.6) is 0 Å². The fourth-order valence-electron chi connectivity index (χ4n) is 2.96. The van der Waals surface area contributed by atoms with Gasteiger partial charge in [-0.2, -0.15) is 0 Å². The van der Waals surface area contributed by atoms with Gasteiger partial charge < -0.3 is 19.7 Å². The number of hydrogen-bond acceptors (Lipinski definition) is 8. The number of hydrogen-bond donors (Lipinski definition) is 2. The molecule has 2 rings (SSSR count). The van der Waals surface area contributed by atoms with Crippen molar-refractivity contribution in [1.29, 1.82) is 0 Å². The molecule has 0 aliphatic rings. The number of rotatable bonds is 13. The molecule has 8 nitrogen and oxygen atoms in total. The highest BCUT2D eigenvalue weighted by atomic mass is 32.9. The molecular weight excluding hydrogens is 589 g/mol. The Morgan fingerprint density at radius 1 is 0.625 bits per heavy atom. The summed E-state index contributed by atoms with van der Waals surface area (Å²) in [6.45, 7) is 15.6. The van der Waals surface area contributed by atoms with Gasteiger partial charge in [-0.15, -0.1) is 0 Å². The summed E-state index contributed by atoms with van der Waals surface area (Å²) >= 11 is 7.99. The molecule has 0 saturated heterocycles. The fourth-order valence-corrected chi connectivity index (χ4v) is 4.01. The Bertz CT molecular complexity index is 1030. The molecular formula is C28H48N2O6S4. The summed E-state index contributed by atoms with van der Waals surface area (Å²) in [5, 5.41) is 4.70. The van der Waals surface area contributed by atoms with E-state index in [1.165, 1.54) is 11.1 Å². The van der Waals surface area contributed by atoms with Gasteiger partial charge in [0.25, 0.3) is 0 Å². The minimum atomic E-state index is -3.78. The summed E-state index contributed by atoms with van der Waals surface area (Å²) in [5.41, 5.74) is 3.45. The molecule has 2 aromatic rings. The average Bonchev–Trinajstić information content (AvgIpc) is 2.83. The molecule has 2 aromatic carbocycles. The number of unbranched alkanes of at least 4 members (excludes halogenated alkanes) is 3. The van der Waals surface area contributed by atoms with Crippen LogP contribution in [0.15, 0.2) is 60.7 Å². The Morgan fingerprint density at radius 2 is 0.925 bits per heavy atom. The minimum absolute atomic E-state index is 0.0476. The van der Waals surface area contributed by atoms with Crippen LogP contribution in [0.2, 0.25) is 0 Å². The van der Waals surface area contributed by atoms with E-state index in [-0.39, 0.29) is 13.2 Å². The third-order valence-corrected chi connectivity index (χ3v) is 6.57. The molecule has 2 atom stereocenters. The van der Waals surface area contributed by atoms with Crippen LogP contribution in [-0.4, -0.2) is 41.8 Å². The average molecular weight is 637 g/mol. The highest BCUT2D eigenvalue weighted by Gasteiger charge is 2.12. The first-order valence-corrected chi connectivity index (χ1v) is 18.0. The topological polar surface area (TPSA) is 132 Å². The molecule has 40 heavy (non-hydrogen) atoms. The Kier molecular flexibility index (Phi) is 19.4. The maximum atomic E-state index is 10.4. The quantitative estimate of drug-likeness (QED) is 0.321. The molecule has 2 unspecified atom stereocenters. The van der Waals surface area contributed by atoms with Crippen LogP contribution in [0.3, 0.4) is 0 Å². The second-order valence-electron chi connectivity index (χ2n) is 11.4. The monoisotopic (exact) mass is 636 g/mol. The summed E-state index contributed by atoms with van der Waals surface area (Å²) in [4.78, 5) is 0. The van der Waals surface area contributed by atoms with Crippen LogP contribution >= 0.6 is 0 Å². The number of quaternary nitrogens is 2. The second-order valence-corrected chi connectivity index (χ2v) is 15.9. The van der Waals surface area contributed by atoms with Gasteiger partial charge in [0.15, 0.2) is 0 Å². The highest BCUT2D eigenvalue weighted by Crippen LogP contribution is 2.03. The summed E-state index contributed by atoms with van der Waals surface area (Å²) in [5.74, 6) is 0. The van der Waals surface area contributed by atoms with Gasteiger partial charge in [-0.3, -0.25) is 8.37 Å². The lowest BCUT2D eigenvalue weighted by Gasteiger charge is -2.16. The first-order valence-electron chi connectivity index (χ1n) is 13.3. The van der Waals surface area contributed by atoms with E-state index in [9.17, 15) is 17.5 Å². The van der Waals surface area contributed by atoms with E-state index in [4.69, 9.17) is 0 Å². The minimum Gasteiger partial charge on any atom is -0.748 e. The van der Waals surface area contributed by atoms with Crippen LogP contribution in [-0.2, 0) is 61.9 Å². The second kappa shape index (κ2) is 20.0. The third kappa shape index (κ3) is 29.9. The lowest BCUT2D eigenvalue weighted by atomic mass is 10.1. The van der Waals surface area contributed by atoms with Crippen LogP contribution in [0.1, 0.15) is 78.4 Å². The molecule has 0 amide bonds. The first kappa shape index (κ1) is 38.9. The molecule has 0 bridgehead atoms. The predicted molar refractivity (Wildman–Crippen MR) is 167 cm³/mol. The Morgan fingerprint density at radius 3 is 1.18 bits per heavy atom. The lowest BCUT2D eigenvalue weighted by Crippen LogP contribution is -2.92. The van der Waals surface area contributed by atoms with Crippen molar-refractivity contribution in [3.8, 4) is 0 Å². The zero-order valence-corrected chi connectivity index (χ0v) is 27.9. The van der Waals surface area contributed by atoms with Gasteiger partial charge in [0.05, 0.1) is 42.4 Å². The molecule has 0 aliphatic heterocycles. The van der Waals surface area contributed by atoms with Crippen molar-refractivity contribution >= 4 is 40.5 Å². The molecule has 0 aromatic heterocycles. The zero-order chi connectivity index (χ0) is 30.7. The van der Waals surface area contributed by atoms with Gasteiger partial charge in [-0.25, -0.2) is 8.42 Å². The van der Waals surface area contributed by atoms with Crippen molar-refractivity contribution in [1.82, 2.24) is 0 Å². The van der Waals surface area contributed by atoms with Gasteiger partial charge in [0.1, 0.15) is 13.1 Å². The zero-order valence-electron chi connectivity index (χ0n) is 24.7. The van der Waals surface area contributed by atoms with Gasteiger partial charge in [-0.1, -0.05) is 73.5 Å². The van der Waals surface area contributed by atoms with E-state index in [2.05, 4.69) is 144 Å². The molecule has 0 saturated carbocycles. The molecule has 12 heteroatoms. The molecule has 0 heterocycles. The van der Waals surface area contributed by atoms with Crippen molar-refractivity contribution in [3.05, 3.63) is 71.8 Å². The lowest BCUT2D eigenvalue weighted by molar-refractivity contribution is -0.731. The van der Waals surface area contributed by atoms with Gasteiger partial charge in [0.2, 0.25) is 0 Å². The summed E-state index contributed by atoms with van der Waals surface area (Å²) in [6.07, 6.45) is 2.48. The smallest absolute Gasteiger partial charge is 0.102 e. The van der Waals surface area contributed by atoms with Crippen LogP contribution in [0, 0.1) is 0 Å². The van der Waals surface area contributed by atoms with E-state index >= 15 is 0 Å². The summed E-state index contributed by atoms with van der Waals surface area (Å²) in [7, 11) is -7.55. The Labute approximate surface area is 252 Å². The standard InChI is InChI=1S/2C11H17N.C6H14O6S4/c2*1-11(2,3)12-9-10-7-5-4-6-8-10;7-15(8,13)11-5-3-1-2-4-6-12-16(9,10)14/h2*4-8,12H,9H2,1-3H3;1-6H2,(H,7,8,13)(H,9,10,14). The Hall–Kier alpha value is -1.06. The molecule has 0 fully saturated rings. The maximum absolute atomic E-state index is 10.4. The summed E-state index contributed by atoms with van der Waals surface area (Å²) in [6, 6.07) is 21.1. The molecule has 230 valence electrons. The van der Waals surface area contributed by atoms with Crippen LogP contribution < -0.4 is 10.6 Å². The van der Waals surface area contributed by atoms with E-state index in [0.717, 1.165) is 13.1 Å². The van der Waals surface area contributed by atoms with E-state index in [0.29, 0.717) is 36.8 Å². The molecule has 4 N–H and O–H groups in total. The van der Waals surface area contributed by atoms with Crippen molar-refractivity contribution < 1.29 is 36.5 Å². The molecule has 0 aliphatic carbocycles. The summed E-state index contributed by atoms with van der Waals surface area (Å²) < 4.78 is 50.2. The van der Waals surface area contributed by atoms with Gasteiger partial charge in [-0.05, 0) is 76.8 Å². The fraction of sp³-hybridized carbons (Fsp3) is 0.571. The van der Waals surface area contributed by atoms with Crippen molar-refractivity contribution in [3.63, 3.8) is 0 Å². The van der Waals surface area contributed by atoms with Crippen molar-refractivity contribution in [2.45, 2.75) is 91.4 Å². The highest BCUT2D eigenvalue weighted by molar-refractivity contribution is 8.27. The first-order chi connectivity index (χ1) is 18.4. The molecule has 0 radical (unpaired) electrons. The Balaban J connectivity index is 0.000000578. The van der Waals surface area contributed by atoms with E-state index in [1.807, 2.05) is 0 Å². The van der Waals surface area contributed by atoms with Crippen molar-refractivity contribution in [2.75, 3.05) is 13.2 Å². The van der Waals surface area contributed by atoms with Gasteiger partial charge in [0, 0.05) is 11.1 Å². The number of nitrogens with two attached hydrogens (primary N) is 2. The largest absolute Gasteiger partial charge is 0.748 e. The predicted octanol–water partition coefficient (Wildman–Crippen LogP) is 3.26. The van der Waals surface area contributed by atoms with E-state index < -0.39 is 18.1 Å². The molecule has 0 spiro atoms. The SMILES string of the molecule is CC(C)(C)[NH2+]Cc1ccccc1.CC(C)(C)[NH2+]Cc1ccccc1.O=S([O-])(=S)OCCCCCCOS(=O)([O-])=S. The maximum Gasteiger partial charge on any atom is 0.102 e. The van der Waals surface area contributed by atoms with Crippen LogP contribution in [0.25, 0.3) is 0 Å². The normalized spacial score (nSPS) is 14.5. The van der Waals surface area contributed by atoms with Crippen molar-refractivity contribution in [2.24, 2.45) is 0 Å². The van der Waals surface area contributed by atoms with Crippen LogP contribution in [0.4, 0.5) is 0 Å². The number of benzene rings is 2. The third-order valence-electron chi connectivity index (χ3n) is 5.08. The van der Waals surface area contributed by atoms with Gasteiger partial charge >= 0.3 is 0 Å².